The number of para-hydroxylation sites is 2. The summed E-state index contributed by atoms with van der Waals surface area (Å²) in [6.07, 6.45) is 0.924. The highest BCUT2D eigenvalue weighted by Crippen LogP contribution is 2.23. The quantitative estimate of drug-likeness (QED) is 0.489. The fraction of sp³-hybridized carbons (Fsp3) is 0.409. The van der Waals surface area contributed by atoms with Gasteiger partial charge in [-0.3, -0.25) is 9.69 Å². The standard InChI is InChI=1S/C22H30N2O4/c1-18(26)23-21-11-5-6-12-22(21)28-17-20(27)16-24(13-7-8-14-25)15-19-9-3-2-4-10-19/h2-6,9-12,20,25,27H,7-8,13-17H2,1H3,(H,23,26). The molecule has 0 aromatic heterocycles. The van der Waals surface area contributed by atoms with Crippen molar-refractivity contribution in [3.05, 3.63) is 60.2 Å². The molecule has 0 aliphatic rings. The van der Waals surface area contributed by atoms with E-state index in [0.29, 0.717) is 18.0 Å². The third-order valence-electron chi connectivity index (χ3n) is 4.23. The molecule has 0 fully saturated rings. The molecule has 2 rings (SSSR count). The second-order valence-corrected chi connectivity index (χ2v) is 6.79. The van der Waals surface area contributed by atoms with Gasteiger partial charge in [-0.2, -0.15) is 0 Å². The largest absolute Gasteiger partial charge is 0.489 e. The maximum Gasteiger partial charge on any atom is 0.221 e. The molecule has 0 spiro atoms. The fourth-order valence-electron chi connectivity index (χ4n) is 2.95. The number of nitrogens with one attached hydrogen (secondary N) is 1. The minimum Gasteiger partial charge on any atom is -0.489 e. The molecule has 6 nitrogen and oxygen atoms in total. The Morgan fingerprint density at radius 3 is 2.54 bits per heavy atom. The molecule has 0 saturated heterocycles. The number of unbranched alkanes of at least 4 members (excludes halogenated alkanes) is 1. The number of nitrogens with zero attached hydrogens (tertiary/aromatic N) is 1. The minimum absolute atomic E-state index is 0.127. The Kier molecular flexibility index (Phi) is 9.48. The van der Waals surface area contributed by atoms with Crippen molar-refractivity contribution in [1.82, 2.24) is 4.90 Å². The molecular weight excluding hydrogens is 356 g/mol. The van der Waals surface area contributed by atoms with Crippen molar-refractivity contribution in [3.8, 4) is 5.75 Å². The van der Waals surface area contributed by atoms with E-state index in [1.54, 1.807) is 12.1 Å². The lowest BCUT2D eigenvalue weighted by Gasteiger charge is -2.25. The zero-order valence-corrected chi connectivity index (χ0v) is 16.4. The van der Waals surface area contributed by atoms with Gasteiger partial charge >= 0.3 is 0 Å². The van der Waals surface area contributed by atoms with Gasteiger partial charge in [-0.25, -0.2) is 0 Å². The van der Waals surface area contributed by atoms with E-state index in [9.17, 15) is 9.90 Å². The molecule has 0 radical (unpaired) electrons. The lowest BCUT2D eigenvalue weighted by atomic mass is 10.2. The van der Waals surface area contributed by atoms with E-state index in [-0.39, 0.29) is 19.1 Å². The predicted molar refractivity (Wildman–Crippen MR) is 110 cm³/mol. The summed E-state index contributed by atoms with van der Waals surface area (Å²) in [5.41, 5.74) is 1.77. The summed E-state index contributed by atoms with van der Waals surface area (Å²) >= 11 is 0. The maximum atomic E-state index is 11.3. The third kappa shape index (κ3) is 8.08. The molecule has 1 unspecified atom stereocenters. The number of amides is 1. The fourth-order valence-corrected chi connectivity index (χ4v) is 2.95. The summed E-state index contributed by atoms with van der Waals surface area (Å²) in [7, 11) is 0. The smallest absolute Gasteiger partial charge is 0.221 e. The van der Waals surface area contributed by atoms with Crippen molar-refractivity contribution in [2.45, 2.75) is 32.4 Å². The predicted octanol–water partition coefficient (Wildman–Crippen LogP) is 2.66. The van der Waals surface area contributed by atoms with Crippen LogP contribution in [0.2, 0.25) is 0 Å². The Labute approximate surface area is 166 Å². The molecule has 3 N–H and O–H groups in total. The van der Waals surface area contributed by atoms with Crippen LogP contribution in [0.3, 0.4) is 0 Å². The molecule has 0 bridgehead atoms. The molecule has 28 heavy (non-hydrogen) atoms. The van der Waals surface area contributed by atoms with Crippen LogP contribution in [0.25, 0.3) is 0 Å². The molecule has 0 aliphatic carbocycles. The zero-order chi connectivity index (χ0) is 20.2. The van der Waals surface area contributed by atoms with E-state index >= 15 is 0 Å². The number of aliphatic hydroxyl groups excluding tert-OH is 2. The Hall–Kier alpha value is -2.41. The summed E-state index contributed by atoms with van der Waals surface area (Å²) in [6.45, 7) is 3.72. The zero-order valence-electron chi connectivity index (χ0n) is 16.4. The lowest BCUT2D eigenvalue weighted by molar-refractivity contribution is -0.114. The van der Waals surface area contributed by atoms with Crippen LogP contribution in [-0.2, 0) is 11.3 Å². The molecule has 1 atom stereocenters. The summed E-state index contributed by atoms with van der Waals surface area (Å²) < 4.78 is 5.75. The average Bonchev–Trinajstić information content (AvgIpc) is 2.68. The molecule has 152 valence electrons. The molecule has 6 heteroatoms. The first-order valence-electron chi connectivity index (χ1n) is 9.63. The summed E-state index contributed by atoms with van der Waals surface area (Å²) in [4.78, 5) is 13.5. The lowest BCUT2D eigenvalue weighted by Crippen LogP contribution is -2.36. The average molecular weight is 386 g/mol. The number of hydrogen-bond donors (Lipinski definition) is 3. The normalized spacial score (nSPS) is 12.0. The number of benzene rings is 2. The first-order chi connectivity index (χ1) is 13.6. The SMILES string of the molecule is CC(=O)Nc1ccccc1OCC(O)CN(CCCCO)Cc1ccccc1. The number of anilines is 1. The summed E-state index contributed by atoms with van der Waals surface area (Å²) in [5, 5.41) is 22.2. The summed E-state index contributed by atoms with van der Waals surface area (Å²) in [6, 6.07) is 17.3. The Morgan fingerprint density at radius 2 is 1.82 bits per heavy atom. The van der Waals surface area contributed by atoms with E-state index in [1.807, 2.05) is 30.3 Å². The second-order valence-electron chi connectivity index (χ2n) is 6.79. The molecule has 2 aromatic rings. The highest BCUT2D eigenvalue weighted by molar-refractivity contribution is 5.90. The van der Waals surface area contributed by atoms with Gasteiger partial charge < -0.3 is 20.3 Å². The van der Waals surface area contributed by atoms with Crippen LogP contribution in [0.5, 0.6) is 5.75 Å². The van der Waals surface area contributed by atoms with E-state index < -0.39 is 6.10 Å². The number of ether oxygens (including phenoxy) is 1. The van der Waals surface area contributed by atoms with Gasteiger partial charge in [-0.05, 0) is 37.1 Å². The molecule has 1 amide bonds. The molecule has 2 aromatic carbocycles. The number of hydrogen-bond acceptors (Lipinski definition) is 5. The van der Waals surface area contributed by atoms with Crippen LogP contribution < -0.4 is 10.1 Å². The van der Waals surface area contributed by atoms with Crippen molar-refractivity contribution >= 4 is 11.6 Å². The summed E-state index contributed by atoms with van der Waals surface area (Å²) in [5.74, 6) is 0.362. The first-order valence-corrected chi connectivity index (χ1v) is 9.63. The van der Waals surface area contributed by atoms with Crippen LogP contribution >= 0.6 is 0 Å². The molecule has 0 heterocycles. The topological polar surface area (TPSA) is 82.0 Å². The van der Waals surface area contributed by atoms with Gasteiger partial charge in [0.05, 0.1) is 5.69 Å². The van der Waals surface area contributed by atoms with Gasteiger partial charge in [0.2, 0.25) is 5.91 Å². The monoisotopic (exact) mass is 386 g/mol. The van der Waals surface area contributed by atoms with Crippen LogP contribution in [0.1, 0.15) is 25.3 Å². The van der Waals surface area contributed by atoms with Gasteiger partial charge in [0.25, 0.3) is 0 Å². The minimum atomic E-state index is -0.678. The number of aliphatic hydroxyl groups is 2. The maximum absolute atomic E-state index is 11.3. The van der Waals surface area contributed by atoms with Crippen LogP contribution in [0, 0.1) is 0 Å². The van der Waals surface area contributed by atoms with Crippen LogP contribution in [0.15, 0.2) is 54.6 Å². The van der Waals surface area contributed by atoms with Crippen molar-refractivity contribution < 1.29 is 19.7 Å². The van der Waals surface area contributed by atoms with Crippen LogP contribution in [0.4, 0.5) is 5.69 Å². The highest BCUT2D eigenvalue weighted by atomic mass is 16.5. The van der Waals surface area contributed by atoms with Crippen molar-refractivity contribution in [3.63, 3.8) is 0 Å². The Bertz CT molecular complexity index is 709. The Balaban J connectivity index is 1.91. The van der Waals surface area contributed by atoms with E-state index in [2.05, 4.69) is 22.3 Å². The number of carbonyl (C=O) groups is 1. The van der Waals surface area contributed by atoms with Gasteiger partial charge in [-0.1, -0.05) is 42.5 Å². The second kappa shape index (κ2) is 12.1. The first kappa shape index (κ1) is 21.9. The number of rotatable bonds is 12. The molecule has 0 aliphatic heterocycles. The van der Waals surface area contributed by atoms with Gasteiger partial charge in [0.1, 0.15) is 18.5 Å². The molecular formula is C22H30N2O4. The van der Waals surface area contributed by atoms with Gasteiger partial charge in [0.15, 0.2) is 0 Å². The van der Waals surface area contributed by atoms with Crippen LogP contribution in [-0.4, -0.2) is 53.4 Å². The van der Waals surface area contributed by atoms with Crippen molar-refractivity contribution in [2.75, 3.05) is 31.6 Å². The third-order valence-corrected chi connectivity index (χ3v) is 4.23. The van der Waals surface area contributed by atoms with Gasteiger partial charge in [0, 0.05) is 26.6 Å². The molecule has 0 saturated carbocycles. The van der Waals surface area contributed by atoms with E-state index in [0.717, 1.165) is 25.9 Å². The highest BCUT2D eigenvalue weighted by Gasteiger charge is 2.14. The van der Waals surface area contributed by atoms with Crippen molar-refractivity contribution in [1.29, 1.82) is 0 Å². The van der Waals surface area contributed by atoms with E-state index in [4.69, 9.17) is 9.84 Å². The van der Waals surface area contributed by atoms with Crippen molar-refractivity contribution in [2.24, 2.45) is 0 Å². The number of carbonyl (C=O) groups excluding carboxylic acids is 1. The Morgan fingerprint density at radius 1 is 1.11 bits per heavy atom. The van der Waals surface area contributed by atoms with Gasteiger partial charge in [-0.15, -0.1) is 0 Å². The van der Waals surface area contributed by atoms with E-state index in [1.165, 1.54) is 12.5 Å².